The number of nitrogens with zero attached hydrogens (tertiary/aromatic N) is 3. The number of aromatic nitrogens is 2. The molecule has 0 saturated carbocycles. The van der Waals surface area contributed by atoms with Gasteiger partial charge in [-0.2, -0.15) is 5.10 Å². The largest absolute Gasteiger partial charge is 0.497 e. The van der Waals surface area contributed by atoms with Gasteiger partial charge < -0.3 is 9.84 Å². The first-order valence-electron chi connectivity index (χ1n) is 9.52. The molecule has 1 saturated heterocycles. The minimum Gasteiger partial charge on any atom is -0.497 e. The standard InChI is InChI=1S/C22H24FN3O2/c1-28-19-9-10-20(21(23)12-19)22-16(13-25-11-5-8-18(27)15-25)14-26(24-22)17-6-3-2-4-7-17/h2-4,6-7,9-10,12,14,18,27H,5,8,11,13,15H2,1H3. The fraction of sp³-hybridized carbons (Fsp3) is 0.318. The summed E-state index contributed by atoms with van der Waals surface area (Å²) in [5.74, 6) is 0.113. The highest BCUT2D eigenvalue weighted by Gasteiger charge is 2.22. The quantitative estimate of drug-likeness (QED) is 0.733. The summed E-state index contributed by atoms with van der Waals surface area (Å²) in [5.41, 5.74) is 2.91. The van der Waals surface area contributed by atoms with Crippen LogP contribution >= 0.6 is 0 Å². The van der Waals surface area contributed by atoms with E-state index in [1.54, 1.807) is 16.8 Å². The maximum Gasteiger partial charge on any atom is 0.136 e. The van der Waals surface area contributed by atoms with E-state index in [2.05, 4.69) is 4.90 Å². The maximum absolute atomic E-state index is 14.8. The zero-order chi connectivity index (χ0) is 19.5. The topological polar surface area (TPSA) is 50.5 Å². The van der Waals surface area contributed by atoms with Gasteiger partial charge in [0.15, 0.2) is 0 Å². The highest BCUT2D eigenvalue weighted by molar-refractivity contribution is 5.65. The number of aliphatic hydroxyl groups is 1. The van der Waals surface area contributed by atoms with Crippen LogP contribution in [0.25, 0.3) is 16.9 Å². The monoisotopic (exact) mass is 381 g/mol. The van der Waals surface area contributed by atoms with Crippen molar-refractivity contribution < 1.29 is 14.2 Å². The van der Waals surface area contributed by atoms with Crippen LogP contribution < -0.4 is 4.74 Å². The van der Waals surface area contributed by atoms with Crippen molar-refractivity contribution in [2.45, 2.75) is 25.5 Å². The normalized spacial score (nSPS) is 17.6. The first-order chi connectivity index (χ1) is 13.6. The van der Waals surface area contributed by atoms with E-state index in [0.717, 1.165) is 30.6 Å². The molecule has 28 heavy (non-hydrogen) atoms. The minimum absolute atomic E-state index is 0.306. The second kappa shape index (κ2) is 8.12. The van der Waals surface area contributed by atoms with Gasteiger partial charge in [-0.15, -0.1) is 0 Å². The van der Waals surface area contributed by atoms with E-state index in [0.29, 0.717) is 30.1 Å². The van der Waals surface area contributed by atoms with Crippen LogP contribution in [0.1, 0.15) is 18.4 Å². The number of methoxy groups -OCH3 is 1. The summed E-state index contributed by atoms with van der Waals surface area (Å²) in [6.07, 6.45) is 3.44. The van der Waals surface area contributed by atoms with Crippen LogP contribution in [-0.2, 0) is 6.54 Å². The molecule has 1 aliphatic rings. The number of rotatable bonds is 5. The zero-order valence-corrected chi connectivity index (χ0v) is 15.9. The predicted molar refractivity (Wildman–Crippen MR) is 106 cm³/mol. The highest BCUT2D eigenvalue weighted by atomic mass is 19.1. The minimum atomic E-state index is -0.363. The van der Waals surface area contributed by atoms with Gasteiger partial charge in [0.2, 0.25) is 0 Å². The Morgan fingerprint density at radius 1 is 1.21 bits per heavy atom. The lowest BCUT2D eigenvalue weighted by Crippen LogP contribution is -2.37. The van der Waals surface area contributed by atoms with E-state index in [4.69, 9.17) is 9.84 Å². The van der Waals surface area contributed by atoms with Crippen molar-refractivity contribution in [3.05, 3.63) is 66.1 Å². The number of hydrogen-bond acceptors (Lipinski definition) is 4. The van der Waals surface area contributed by atoms with Crippen LogP contribution in [0.5, 0.6) is 5.75 Å². The second-order valence-corrected chi connectivity index (χ2v) is 7.16. The first kappa shape index (κ1) is 18.7. The number of aliphatic hydroxyl groups excluding tert-OH is 1. The second-order valence-electron chi connectivity index (χ2n) is 7.16. The molecule has 0 amide bonds. The first-order valence-corrected chi connectivity index (χ1v) is 9.52. The molecule has 0 spiro atoms. The molecule has 4 rings (SSSR count). The maximum atomic E-state index is 14.8. The summed E-state index contributed by atoms with van der Waals surface area (Å²) in [5, 5.41) is 14.7. The van der Waals surface area contributed by atoms with Crippen LogP contribution in [0.15, 0.2) is 54.7 Å². The molecular formula is C22H24FN3O2. The van der Waals surface area contributed by atoms with Gasteiger partial charge in [0, 0.05) is 36.5 Å². The van der Waals surface area contributed by atoms with Gasteiger partial charge in [-0.1, -0.05) is 18.2 Å². The third-order valence-electron chi connectivity index (χ3n) is 5.12. The summed E-state index contributed by atoms with van der Waals surface area (Å²) in [7, 11) is 1.52. The Balaban J connectivity index is 1.73. The van der Waals surface area contributed by atoms with Gasteiger partial charge in [-0.05, 0) is 43.7 Å². The van der Waals surface area contributed by atoms with Crippen LogP contribution in [-0.4, -0.2) is 46.1 Å². The molecule has 2 heterocycles. The molecule has 1 aliphatic heterocycles. The molecule has 1 fully saturated rings. The van der Waals surface area contributed by atoms with E-state index in [-0.39, 0.29) is 11.9 Å². The van der Waals surface area contributed by atoms with E-state index in [1.807, 2.05) is 36.5 Å². The number of benzene rings is 2. The third kappa shape index (κ3) is 3.93. The lowest BCUT2D eigenvalue weighted by Gasteiger charge is -2.29. The molecule has 0 radical (unpaired) electrons. The SMILES string of the molecule is COc1ccc(-c2nn(-c3ccccc3)cc2CN2CCCC(O)C2)c(F)c1. The van der Waals surface area contributed by atoms with Gasteiger partial charge >= 0.3 is 0 Å². The molecule has 1 aromatic heterocycles. The van der Waals surface area contributed by atoms with E-state index in [1.165, 1.54) is 13.2 Å². The van der Waals surface area contributed by atoms with E-state index >= 15 is 0 Å². The van der Waals surface area contributed by atoms with Crippen molar-refractivity contribution in [3.63, 3.8) is 0 Å². The van der Waals surface area contributed by atoms with Crippen molar-refractivity contribution >= 4 is 0 Å². The number of halogens is 1. The van der Waals surface area contributed by atoms with Crippen LogP contribution in [0.4, 0.5) is 4.39 Å². The number of likely N-dealkylation sites (tertiary alicyclic amines) is 1. The summed E-state index contributed by atoms with van der Waals surface area (Å²) in [6.45, 7) is 2.16. The Hall–Kier alpha value is -2.70. The lowest BCUT2D eigenvalue weighted by atomic mass is 10.0. The summed E-state index contributed by atoms with van der Waals surface area (Å²) < 4.78 is 21.7. The Morgan fingerprint density at radius 2 is 2.04 bits per heavy atom. The van der Waals surface area contributed by atoms with Gasteiger partial charge in [-0.3, -0.25) is 4.90 Å². The molecule has 1 unspecified atom stereocenters. The smallest absolute Gasteiger partial charge is 0.136 e. The molecule has 5 nitrogen and oxygen atoms in total. The van der Waals surface area contributed by atoms with E-state index in [9.17, 15) is 9.50 Å². The Morgan fingerprint density at radius 3 is 2.75 bits per heavy atom. The van der Waals surface area contributed by atoms with Crippen molar-refractivity contribution in [2.75, 3.05) is 20.2 Å². The lowest BCUT2D eigenvalue weighted by molar-refractivity contribution is 0.0669. The third-order valence-corrected chi connectivity index (χ3v) is 5.12. The molecule has 3 aromatic rings. The molecule has 1 N–H and O–H groups in total. The molecular weight excluding hydrogens is 357 g/mol. The van der Waals surface area contributed by atoms with Crippen molar-refractivity contribution in [1.82, 2.24) is 14.7 Å². The van der Waals surface area contributed by atoms with Crippen LogP contribution in [0, 0.1) is 5.82 Å². The summed E-state index contributed by atoms with van der Waals surface area (Å²) in [4.78, 5) is 2.20. The van der Waals surface area contributed by atoms with Gasteiger partial charge in [0.1, 0.15) is 17.3 Å². The molecule has 6 heteroatoms. The van der Waals surface area contributed by atoms with Crippen molar-refractivity contribution in [2.24, 2.45) is 0 Å². The summed E-state index contributed by atoms with van der Waals surface area (Å²) in [6, 6.07) is 14.6. The van der Waals surface area contributed by atoms with Crippen molar-refractivity contribution in [1.29, 1.82) is 0 Å². The van der Waals surface area contributed by atoms with Gasteiger partial charge in [0.25, 0.3) is 0 Å². The Bertz CT molecular complexity index is 942. The number of para-hydroxylation sites is 1. The van der Waals surface area contributed by atoms with E-state index < -0.39 is 0 Å². The molecule has 0 aliphatic carbocycles. The van der Waals surface area contributed by atoms with Crippen LogP contribution in [0.2, 0.25) is 0 Å². The summed E-state index contributed by atoms with van der Waals surface area (Å²) >= 11 is 0. The van der Waals surface area contributed by atoms with Crippen molar-refractivity contribution in [3.8, 4) is 22.7 Å². The van der Waals surface area contributed by atoms with Crippen LogP contribution in [0.3, 0.4) is 0 Å². The number of piperidine rings is 1. The fourth-order valence-electron chi connectivity index (χ4n) is 3.70. The van der Waals surface area contributed by atoms with Gasteiger partial charge in [-0.25, -0.2) is 9.07 Å². The number of β-amino-alcohol motifs (C(OH)–C–C–N with tert-alkyl or cyclic N) is 1. The predicted octanol–water partition coefficient (Wildman–Crippen LogP) is 3.64. The highest BCUT2D eigenvalue weighted by Crippen LogP contribution is 2.30. The average molecular weight is 381 g/mol. The molecule has 2 aromatic carbocycles. The molecule has 0 bridgehead atoms. The Labute approximate surface area is 164 Å². The fourth-order valence-corrected chi connectivity index (χ4v) is 3.70. The average Bonchev–Trinajstić information content (AvgIpc) is 3.12. The molecule has 1 atom stereocenters. The zero-order valence-electron chi connectivity index (χ0n) is 15.9. The Kier molecular flexibility index (Phi) is 5.41. The number of hydrogen-bond donors (Lipinski definition) is 1. The van der Waals surface area contributed by atoms with Gasteiger partial charge in [0.05, 0.1) is 18.9 Å². The molecule has 146 valence electrons. The number of ether oxygens (including phenoxy) is 1.